The van der Waals surface area contributed by atoms with Crippen LogP contribution in [0.3, 0.4) is 0 Å². The van der Waals surface area contributed by atoms with Gasteiger partial charge < -0.3 is 9.80 Å². The lowest BCUT2D eigenvalue weighted by atomic mass is 10.0. The average Bonchev–Trinajstić information content (AvgIpc) is 2.76. The fourth-order valence-corrected chi connectivity index (χ4v) is 4.24. The van der Waals surface area contributed by atoms with E-state index in [1.54, 1.807) is 33.9 Å². The van der Waals surface area contributed by atoms with Crippen LogP contribution in [-0.4, -0.2) is 53.6 Å². The Morgan fingerprint density at radius 1 is 1.23 bits per heavy atom. The van der Waals surface area contributed by atoms with Crippen molar-refractivity contribution in [2.24, 2.45) is 0 Å². The Bertz CT molecular complexity index is 1120. The van der Waals surface area contributed by atoms with E-state index in [4.69, 9.17) is 11.6 Å². The minimum Gasteiger partial charge on any atom is -0.338 e. The summed E-state index contributed by atoms with van der Waals surface area (Å²) in [4.78, 5) is 34.3. The van der Waals surface area contributed by atoms with Crippen LogP contribution in [-0.2, 0) is 6.54 Å². The normalized spacial score (nSPS) is 19.0. The van der Waals surface area contributed by atoms with Crippen molar-refractivity contribution in [2.75, 3.05) is 27.2 Å². The maximum absolute atomic E-state index is 13.4. The maximum Gasteiger partial charge on any atom is 0.265 e. The Balaban J connectivity index is 1.73. The first-order chi connectivity index (χ1) is 14.4. The van der Waals surface area contributed by atoms with Crippen LogP contribution in [0.4, 0.5) is 0 Å². The largest absolute Gasteiger partial charge is 0.338 e. The lowest BCUT2D eigenvalue weighted by Gasteiger charge is -2.33. The molecule has 1 aliphatic heterocycles. The number of nitrogens with zero attached hydrogens (tertiary/aromatic N) is 3. The molecule has 0 radical (unpaired) electrons. The number of likely N-dealkylation sites (tertiary alicyclic amines) is 1. The number of fused-ring (bicyclic) bond motifs is 1. The molecule has 0 unspecified atom stereocenters. The molecule has 4 rings (SSSR count). The fourth-order valence-electron chi connectivity index (χ4n) is 4.12. The molecule has 7 heteroatoms. The van der Waals surface area contributed by atoms with Gasteiger partial charge in [0.05, 0.1) is 26.7 Å². The molecule has 3 aromatic rings. The zero-order chi connectivity index (χ0) is 21.3. The molecule has 1 fully saturated rings. The van der Waals surface area contributed by atoms with Crippen molar-refractivity contribution in [3.05, 3.63) is 75.2 Å². The molecule has 0 aliphatic carbocycles. The highest BCUT2D eigenvalue weighted by Crippen LogP contribution is 2.17. The topological polar surface area (TPSA) is 59.6 Å². The van der Waals surface area contributed by atoms with E-state index < -0.39 is 0 Å². The third-order valence-corrected chi connectivity index (χ3v) is 6.26. The van der Waals surface area contributed by atoms with Crippen LogP contribution in [0.2, 0.25) is 5.02 Å². The minimum atomic E-state index is -0.313. The van der Waals surface area contributed by atoms with Gasteiger partial charge in [-0.05, 0) is 35.9 Å². The van der Waals surface area contributed by atoms with Gasteiger partial charge in [0.1, 0.15) is 11.2 Å². The number of nitrogens with one attached hydrogen (secondary N) is 1. The number of hydrogen-bond acceptors (Lipinski definition) is 3. The number of aromatic nitrogens is 2. The Labute approximate surface area is 180 Å². The van der Waals surface area contributed by atoms with Crippen LogP contribution in [0.25, 0.3) is 11.0 Å². The van der Waals surface area contributed by atoms with Crippen LogP contribution < -0.4 is 10.5 Å². The predicted octanol–water partition coefficient (Wildman–Crippen LogP) is 1.85. The van der Waals surface area contributed by atoms with Crippen LogP contribution in [0.5, 0.6) is 0 Å². The first-order valence-electron chi connectivity index (χ1n) is 10.3. The third kappa shape index (κ3) is 4.11. The van der Waals surface area contributed by atoms with E-state index in [2.05, 4.69) is 12.0 Å². The average molecular weight is 426 g/mol. The molecule has 6 nitrogen and oxygen atoms in total. The van der Waals surface area contributed by atoms with Crippen molar-refractivity contribution in [1.29, 1.82) is 0 Å². The number of quaternary nitrogens is 1. The molecule has 0 bridgehead atoms. The molecule has 2 aromatic heterocycles. The van der Waals surface area contributed by atoms with E-state index in [0.29, 0.717) is 17.2 Å². The van der Waals surface area contributed by atoms with E-state index in [9.17, 15) is 9.59 Å². The van der Waals surface area contributed by atoms with Gasteiger partial charge in [0.2, 0.25) is 0 Å². The van der Waals surface area contributed by atoms with Crippen molar-refractivity contribution in [3.63, 3.8) is 0 Å². The van der Waals surface area contributed by atoms with Gasteiger partial charge in [0, 0.05) is 42.5 Å². The van der Waals surface area contributed by atoms with E-state index in [0.717, 1.165) is 36.9 Å². The standard InChI is InChI=1S/C23H25ClN4O2/c1-26-12-9-19(10-13-26)27(2)22(29)20-14-17-4-3-11-25-21(17)28(23(20)30)15-16-5-7-18(24)8-6-16/h3-8,11,14,19H,9-10,12-13,15H2,1-2H3/p+1. The number of halogens is 1. The van der Waals surface area contributed by atoms with E-state index in [1.807, 2.05) is 31.3 Å². The highest BCUT2D eigenvalue weighted by atomic mass is 35.5. The molecule has 1 saturated heterocycles. The van der Waals surface area contributed by atoms with Gasteiger partial charge in [-0.1, -0.05) is 23.7 Å². The summed E-state index contributed by atoms with van der Waals surface area (Å²) in [5, 5.41) is 1.41. The minimum absolute atomic E-state index is 0.162. The first-order valence-corrected chi connectivity index (χ1v) is 10.6. The fraction of sp³-hybridized carbons (Fsp3) is 0.348. The lowest BCUT2D eigenvalue weighted by Crippen LogP contribution is -3.10. The van der Waals surface area contributed by atoms with E-state index in [1.165, 1.54) is 4.90 Å². The van der Waals surface area contributed by atoms with Gasteiger partial charge in [-0.2, -0.15) is 0 Å². The summed E-state index contributed by atoms with van der Waals surface area (Å²) in [6, 6.07) is 12.9. The van der Waals surface area contributed by atoms with Crippen molar-refractivity contribution in [3.8, 4) is 0 Å². The van der Waals surface area contributed by atoms with Gasteiger partial charge in [-0.3, -0.25) is 14.2 Å². The molecule has 0 atom stereocenters. The summed E-state index contributed by atoms with van der Waals surface area (Å²) in [6.45, 7) is 2.39. The molecule has 1 aromatic carbocycles. The number of hydrogen-bond donors (Lipinski definition) is 1. The molecule has 156 valence electrons. The Hall–Kier alpha value is -2.70. The number of benzene rings is 1. The summed E-state index contributed by atoms with van der Waals surface area (Å²) in [5.41, 5.74) is 1.37. The summed E-state index contributed by atoms with van der Waals surface area (Å²) in [7, 11) is 3.98. The summed E-state index contributed by atoms with van der Waals surface area (Å²) >= 11 is 5.99. The zero-order valence-electron chi connectivity index (χ0n) is 17.3. The van der Waals surface area contributed by atoms with Crippen molar-refractivity contribution < 1.29 is 9.69 Å². The summed E-state index contributed by atoms with van der Waals surface area (Å²) < 4.78 is 1.58. The highest BCUT2D eigenvalue weighted by Gasteiger charge is 2.28. The van der Waals surface area contributed by atoms with Gasteiger partial charge in [0.25, 0.3) is 11.5 Å². The number of amides is 1. The number of rotatable bonds is 4. The molecule has 0 saturated carbocycles. The summed E-state index contributed by atoms with van der Waals surface area (Å²) in [5.74, 6) is -0.222. The lowest BCUT2D eigenvalue weighted by molar-refractivity contribution is -0.885. The molecular formula is C23H26ClN4O2+. The van der Waals surface area contributed by atoms with Gasteiger partial charge in [0.15, 0.2) is 0 Å². The van der Waals surface area contributed by atoms with Crippen molar-refractivity contribution in [2.45, 2.75) is 25.4 Å². The van der Waals surface area contributed by atoms with Crippen molar-refractivity contribution >= 4 is 28.5 Å². The molecule has 1 N–H and O–H groups in total. The SMILES string of the molecule is CN(C(=O)c1cc2cccnc2n(Cc2ccc(Cl)cc2)c1=O)C1CC[NH+](C)CC1. The molecule has 1 aliphatic rings. The molecule has 0 spiro atoms. The second kappa shape index (κ2) is 8.58. The van der Waals surface area contributed by atoms with Crippen LogP contribution >= 0.6 is 11.6 Å². The Morgan fingerprint density at radius 3 is 2.63 bits per heavy atom. The summed E-state index contributed by atoms with van der Waals surface area (Å²) in [6.07, 6.45) is 3.55. The molecular weight excluding hydrogens is 400 g/mol. The van der Waals surface area contributed by atoms with Gasteiger partial charge in [-0.25, -0.2) is 4.98 Å². The second-order valence-corrected chi connectivity index (χ2v) is 8.53. The Morgan fingerprint density at radius 2 is 1.93 bits per heavy atom. The number of piperidine rings is 1. The highest BCUT2D eigenvalue weighted by molar-refractivity contribution is 6.30. The monoisotopic (exact) mass is 425 g/mol. The van der Waals surface area contributed by atoms with Crippen LogP contribution in [0.1, 0.15) is 28.8 Å². The molecule has 3 heterocycles. The number of carbonyl (C=O) groups is 1. The van der Waals surface area contributed by atoms with Gasteiger partial charge in [-0.15, -0.1) is 0 Å². The second-order valence-electron chi connectivity index (χ2n) is 8.10. The van der Waals surface area contributed by atoms with Crippen molar-refractivity contribution in [1.82, 2.24) is 14.5 Å². The Kier molecular flexibility index (Phi) is 5.88. The molecule has 1 amide bonds. The quantitative estimate of drug-likeness (QED) is 0.694. The van der Waals surface area contributed by atoms with Crippen LogP contribution in [0, 0.1) is 0 Å². The number of pyridine rings is 2. The molecule has 30 heavy (non-hydrogen) atoms. The third-order valence-electron chi connectivity index (χ3n) is 6.01. The van der Waals surface area contributed by atoms with Crippen LogP contribution in [0.15, 0.2) is 53.5 Å². The smallest absolute Gasteiger partial charge is 0.265 e. The maximum atomic E-state index is 13.4. The van der Waals surface area contributed by atoms with Gasteiger partial charge >= 0.3 is 0 Å². The first kappa shape index (κ1) is 20.6. The number of carbonyl (C=O) groups excluding carboxylic acids is 1. The van der Waals surface area contributed by atoms with E-state index in [-0.39, 0.29) is 23.1 Å². The van der Waals surface area contributed by atoms with E-state index >= 15 is 0 Å². The predicted molar refractivity (Wildman–Crippen MR) is 118 cm³/mol. The zero-order valence-corrected chi connectivity index (χ0v) is 18.0.